The van der Waals surface area contributed by atoms with Crippen LogP contribution >= 0.6 is 0 Å². The summed E-state index contributed by atoms with van der Waals surface area (Å²) in [6.07, 6.45) is 8.93. The van der Waals surface area contributed by atoms with Crippen molar-refractivity contribution in [3.63, 3.8) is 0 Å². The number of hydrogen-bond acceptors (Lipinski definition) is 5. The van der Waals surface area contributed by atoms with E-state index in [1.807, 2.05) is 0 Å². The van der Waals surface area contributed by atoms with E-state index in [9.17, 15) is 19.5 Å². The number of aliphatic carboxylic acids is 1. The van der Waals surface area contributed by atoms with Gasteiger partial charge in [-0.05, 0) is 81.0 Å². The summed E-state index contributed by atoms with van der Waals surface area (Å²) >= 11 is 0. The number of ether oxygens (including phenoxy) is 2. The second-order valence-corrected chi connectivity index (χ2v) is 11.6. The van der Waals surface area contributed by atoms with Crippen molar-refractivity contribution in [3.05, 3.63) is 0 Å². The summed E-state index contributed by atoms with van der Waals surface area (Å²) in [7, 11) is 0. The van der Waals surface area contributed by atoms with Crippen LogP contribution in [0.15, 0.2) is 0 Å². The van der Waals surface area contributed by atoms with E-state index in [0.29, 0.717) is 17.8 Å². The molecule has 6 heteroatoms. The standard InChI is InChI=1S/C25H36O6/c1-14(26)30-16-6-9-23(2)15(12-16)4-5-20-19(23)7-10-24(3)18-8-11-25(20,24)31-22(29)17(18)13-21(27)28/h15-20H,4-13H2,1-3H3,(H,27,28)/t15-,16-,17-,18+,19-,20+,23-,24+,25+/m0/s1. The molecule has 5 fully saturated rings. The number of rotatable bonds is 3. The Morgan fingerprint density at radius 1 is 1.03 bits per heavy atom. The SMILES string of the molecule is CC(=O)O[C@H]1CC[C@@]2(C)[C@@H](CC[C@@H]3[C@@H]2CC[C@]2(C)[C@@H]4CC[C@@]32OC(=O)[C@H]4CC(=O)O)C1. The van der Waals surface area contributed by atoms with Crippen LogP contribution in [0.2, 0.25) is 0 Å². The molecule has 0 aromatic carbocycles. The van der Waals surface area contributed by atoms with Crippen LogP contribution in [0.4, 0.5) is 0 Å². The van der Waals surface area contributed by atoms with Crippen LogP contribution in [0.5, 0.6) is 0 Å². The van der Waals surface area contributed by atoms with Crippen LogP contribution in [0.3, 0.4) is 0 Å². The molecule has 0 aromatic heterocycles. The smallest absolute Gasteiger partial charge is 0.310 e. The summed E-state index contributed by atoms with van der Waals surface area (Å²) in [5, 5.41) is 9.38. The second kappa shape index (κ2) is 6.95. The van der Waals surface area contributed by atoms with Gasteiger partial charge in [-0.15, -0.1) is 0 Å². The Hall–Kier alpha value is -1.59. The molecule has 9 atom stereocenters. The summed E-state index contributed by atoms with van der Waals surface area (Å²) in [5.74, 6) is -0.319. The van der Waals surface area contributed by atoms with Crippen molar-refractivity contribution in [2.24, 2.45) is 40.4 Å². The van der Waals surface area contributed by atoms with Crippen LogP contribution in [-0.4, -0.2) is 34.7 Å². The first-order valence-corrected chi connectivity index (χ1v) is 12.2. The highest BCUT2D eigenvalue weighted by Gasteiger charge is 2.73. The fraction of sp³-hybridized carbons (Fsp3) is 0.880. The Labute approximate surface area is 184 Å². The van der Waals surface area contributed by atoms with Crippen molar-refractivity contribution in [1.82, 2.24) is 0 Å². The second-order valence-electron chi connectivity index (χ2n) is 11.6. The molecule has 4 aliphatic carbocycles. The molecule has 172 valence electrons. The van der Waals surface area contributed by atoms with Gasteiger partial charge in [-0.2, -0.15) is 0 Å². The van der Waals surface area contributed by atoms with Crippen molar-refractivity contribution in [3.8, 4) is 0 Å². The van der Waals surface area contributed by atoms with Gasteiger partial charge in [0, 0.05) is 18.3 Å². The molecule has 0 radical (unpaired) electrons. The Morgan fingerprint density at radius 2 is 1.77 bits per heavy atom. The number of fused-ring (bicyclic) bond motifs is 3. The van der Waals surface area contributed by atoms with E-state index in [4.69, 9.17) is 9.47 Å². The Bertz CT molecular complexity index is 808. The number of carbonyl (C=O) groups excluding carboxylic acids is 2. The lowest BCUT2D eigenvalue weighted by atomic mass is 9.42. The predicted molar refractivity (Wildman–Crippen MR) is 112 cm³/mol. The summed E-state index contributed by atoms with van der Waals surface area (Å²) < 4.78 is 12.0. The lowest BCUT2D eigenvalue weighted by molar-refractivity contribution is -0.254. The average Bonchev–Trinajstić information content (AvgIpc) is 2.89. The fourth-order valence-corrected chi connectivity index (χ4v) is 9.26. The zero-order chi connectivity index (χ0) is 22.2. The van der Waals surface area contributed by atoms with Crippen LogP contribution in [0, 0.1) is 40.4 Å². The molecule has 6 nitrogen and oxygen atoms in total. The van der Waals surface area contributed by atoms with E-state index in [1.165, 1.54) is 6.92 Å². The van der Waals surface area contributed by atoms with Crippen molar-refractivity contribution in [2.45, 2.75) is 96.7 Å². The zero-order valence-corrected chi connectivity index (χ0v) is 19.0. The first-order valence-electron chi connectivity index (χ1n) is 12.2. The molecule has 4 saturated carbocycles. The van der Waals surface area contributed by atoms with E-state index in [1.54, 1.807) is 0 Å². The maximum absolute atomic E-state index is 13.0. The summed E-state index contributed by atoms with van der Waals surface area (Å²) in [5.41, 5.74) is -0.341. The normalized spacial score (nSPS) is 50.5. The predicted octanol–water partition coefficient (Wildman–Crippen LogP) is 4.35. The van der Waals surface area contributed by atoms with Crippen molar-refractivity contribution >= 4 is 17.9 Å². The van der Waals surface area contributed by atoms with Crippen molar-refractivity contribution in [2.75, 3.05) is 0 Å². The van der Waals surface area contributed by atoms with E-state index in [2.05, 4.69) is 13.8 Å². The number of carboxylic acids is 1. The first kappa shape index (κ1) is 21.3. The van der Waals surface area contributed by atoms with Gasteiger partial charge in [0.25, 0.3) is 0 Å². The van der Waals surface area contributed by atoms with E-state index in [0.717, 1.165) is 57.8 Å². The highest BCUT2D eigenvalue weighted by Crippen LogP contribution is 2.72. The molecule has 1 heterocycles. The summed E-state index contributed by atoms with van der Waals surface area (Å²) in [4.78, 5) is 35.9. The Balaban J connectivity index is 1.43. The summed E-state index contributed by atoms with van der Waals surface area (Å²) in [6, 6.07) is 0. The topological polar surface area (TPSA) is 89.9 Å². The third-order valence-corrected chi connectivity index (χ3v) is 10.6. The molecule has 31 heavy (non-hydrogen) atoms. The molecule has 5 rings (SSSR count). The third kappa shape index (κ3) is 2.85. The van der Waals surface area contributed by atoms with E-state index < -0.39 is 17.5 Å². The van der Waals surface area contributed by atoms with Crippen LogP contribution in [0.25, 0.3) is 0 Å². The number of carbonyl (C=O) groups is 3. The number of hydrogen-bond donors (Lipinski definition) is 1. The van der Waals surface area contributed by atoms with Gasteiger partial charge in [-0.1, -0.05) is 13.8 Å². The van der Waals surface area contributed by atoms with Crippen LogP contribution in [0.1, 0.15) is 85.0 Å². The Morgan fingerprint density at radius 3 is 2.48 bits per heavy atom. The molecule has 1 saturated heterocycles. The van der Waals surface area contributed by atoms with Crippen molar-refractivity contribution in [1.29, 1.82) is 0 Å². The van der Waals surface area contributed by atoms with E-state index >= 15 is 0 Å². The third-order valence-electron chi connectivity index (χ3n) is 10.6. The molecule has 0 amide bonds. The molecule has 2 bridgehead atoms. The van der Waals surface area contributed by atoms with Gasteiger partial charge in [0.1, 0.15) is 11.7 Å². The maximum Gasteiger partial charge on any atom is 0.310 e. The average molecular weight is 433 g/mol. The summed E-state index contributed by atoms with van der Waals surface area (Å²) in [6.45, 7) is 6.22. The minimum Gasteiger partial charge on any atom is -0.481 e. The minimum atomic E-state index is -0.906. The highest BCUT2D eigenvalue weighted by atomic mass is 16.6. The minimum absolute atomic E-state index is 0.0410. The molecule has 0 aromatic rings. The molecule has 1 N–H and O–H groups in total. The van der Waals surface area contributed by atoms with Crippen LogP contribution in [-0.2, 0) is 23.9 Å². The quantitative estimate of drug-likeness (QED) is 0.667. The van der Waals surface area contributed by atoms with E-state index in [-0.39, 0.29) is 41.2 Å². The monoisotopic (exact) mass is 432 g/mol. The first-order chi connectivity index (χ1) is 14.6. The van der Waals surface area contributed by atoms with Crippen LogP contribution < -0.4 is 0 Å². The lowest BCUT2D eigenvalue weighted by Crippen LogP contribution is -2.66. The van der Waals surface area contributed by atoms with Gasteiger partial charge in [0.05, 0.1) is 12.3 Å². The molecule has 0 unspecified atom stereocenters. The maximum atomic E-state index is 13.0. The number of esters is 2. The zero-order valence-electron chi connectivity index (χ0n) is 19.0. The highest BCUT2D eigenvalue weighted by molar-refractivity contribution is 5.81. The van der Waals surface area contributed by atoms with Gasteiger partial charge in [-0.25, -0.2) is 0 Å². The van der Waals surface area contributed by atoms with Gasteiger partial charge in [0.2, 0.25) is 0 Å². The lowest BCUT2D eigenvalue weighted by Gasteiger charge is -2.66. The molecular formula is C25H36O6. The van der Waals surface area contributed by atoms with Gasteiger partial charge in [0.15, 0.2) is 0 Å². The van der Waals surface area contributed by atoms with Gasteiger partial charge in [-0.3, -0.25) is 14.4 Å². The van der Waals surface area contributed by atoms with Crippen molar-refractivity contribution < 1.29 is 29.0 Å². The fourth-order valence-electron chi connectivity index (χ4n) is 9.26. The largest absolute Gasteiger partial charge is 0.481 e. The van der Waals surface area contributed by atoms with Gasteiger partial charge >= 0.3 is 17.9 Å². The van der Waals surface area contributed by atoms with Gasteiger partial charge < -0.3 is 14.6 Å². The molecule has 5 aliphatic rings. The number of carboxylic acid groups (broad SMARTS) is 1. The molecule has 0 spiro atoms. The Kier molecular flexibility index (Phi) is 4.77. The molecule has 1 aliphatic heterocycles. The molecular weight excluding hydrogens is 396 g/mol.